The minimum atomic E-state index is 0.193. The minimum Gasteiger partial charge on any atom is -0.337 e. The molecule has 1 N–H and O–H groups in total. The smallest absolute Gasteiger partial charge is 0.255 e. The fourth-order valence-corrected chi connectivity index (χ4v) is 2.97. The highest BCUT2D eigenvalue weighted by atomic mass is 32.1. The molecule has 1 fully saturated rings. The Kier molecular flexibility index (Phi) is 3.61. The van der Waals surface area contributed by atoms with Gasteiger partial charge in [-0.3, -0.25) is 4.79 Å². The molecule has 0 saturated carbocycles. The third kappa shape index (κ3) is 2.28. The Morgan fingerprint density at radius 2 is 2.38 bits per heavy atom. The molecular formula is C12H18N2OS. The lowest BCUT2D eigenvalue weighted by Crippen LogP contribution is -2.47. The Morgan fingerprint density at radius 1 is 1.56 bits per heavy atom. The van der Waals surface area contributed by atoms with Gasteiger partial charge in [-0.2, -0.15) is 11.3 Å². The average molecular weight is 238 g/mol. The number of piperidine rings is 1. The van der Waals surface area contributed by atoms with Gasteiger partial charge in [0.15, 0.2) is 0 Å². The molecule has 1 unspecified atom stereocenters. The second-order valence-corrected chi connectivity index (χ2v) is 5.09. The van der Waals surface area contributed by atoms with Crippen molar-refractivity contribution in [1.82, 2.24) is 10.2 Å². The van der Waals surface area contributed by atoms with Gasteiger partial charge in [-0.05, 0) is 37.8 Å². The molecule has 1 aromatic rings. The van der Waals surface area contributed by atoms with Crippen molar-refractivity contribution in [3.05, 3.63) is 21.9 Å². The van der Waals surface area contributed by atoms with E-state index in [4.69, 9.17) is 0 Å². The monoisotopic (exact) mass is 238 g/mol. The Bertz CT molecular complexity index is 375. The second-order valence-electron chi connectivity index (χ2n) is 4.35. The van der Waals surface area contributed by atoms with E-state index in [2.05, 4.69) is 5.32 Å². The number of carbonyl (C=O) groups excluding carboxylic acids is 1. The summed E-state index contributed by atoms with van der Waals surface area (Å²) in [5.41, 5.74) is 1.98. The first-order chi connectivity index (χ1) is 7.72. The molecule has 0 aromatic carbocycles. The number of nitrogens with one attached hydrogen (secondary N) is 1. The molecule has 4 heteroatoms. The minimum absolute atomic E-state index is 0.193. The lowest BCUT2D eigenvalue weighted by molar-refractivity contribution is 0.0698. The van der Waals surface area contributed by atoms with E-state index in [1.807, 2.05) is 29.6 Å². The van der Waals surface area contributed by atoms with Gasteiger partial charge in [-0.15, -0.1) is 0 Å². The van der Waals surface area contributed by atoms with E-state index in [9.17, 15) is 4.79 Å². The molecule has 0 spiro atoms. The zero-order valence-corrected chi connectivity index (χ0v) is 10.6. The first-order valence-electron chi connectivity index (χ1n) is 5.71. The van der Waals surface area contributed by atoms with E-state index in [0.29, 0.717) is 6.04 Å². The Labute approximate surface area is 100 Å². The van der Waals surface area contributed by atoms with Gasteiger partial charge in [-0.25, -0.2) is 0 Å². The number of carbonyl (C=O) groups is 1. The van der Waals surface area contributed by atoms with Crippen LogP contribution < -0.4 is 5.32 Å². The van der Waals surface area contributed by atoms with Gasteiger partial charge in [0, 0.05) is 24.5 Å². The van der Waals surface area contributed by atoms with Crippen LogP contribution >= 0.6 is 11.3 Å². The highest BCUT2D eigenvalue weighted by Gasteiger charge is 2.24. The molecule has 2 rings (SSSR count). The SMILES string of the molecule is CNC1CCCN(C(=O)c2cscc2C)C1. The molecule has 1 atom stereocenters. The highest BCUT2D eigenvalue weighted by molar-refractivity contribution is 7.08. The molecule has 1 amide bonds. The summed E-state index contributed by atoms with van der Waals surface area (Å²) in [4.78, 5) is 14.2. The van der Waals surface area contributed by atoms with Crippen LogP contribution in [-0.4, -0.2) is 37.0 Å². The molecule has 0 aliphatic carbocycles. The number of amides is 1. The lowest BCUT2D eigenvalue weighted by Gasteiger charge is -2.32. The topological polar surface area (TPSA) is 32.3 Å². The van der Waals surface area contributed by atoms with Crippen molar-refractivity contribution in [3.8, 4) is 0 Å². The van der Waals surface area contributed by atoms with Crippen LogP contribution in [0.15, 0.2) is 10.8 Å². The first-order valence-corrected chi connectivity index (χ1v) is 6.66. The number of likely N-dealkylation sites (tertiary alicyclic amines) is 1. The van der Waals surface area contributed by atoms with E-state index >= 15 is 0 Å². The summed E-state index contributed by atoms with van der Waals surface area (Å²) in [6, 6.07) is 0.455. The number of nitrogens with zero attached hydrogens (tertiary/aromatic N) is 1. The molecule has 1 saturated heterocycles. The molecule has 1 aliphatic heterocycles. The quantitative estimate of drug-likeness (QED) is 0.853. The largest absolute Gasteiger partial charge is 0.337 e. The number of likely N-dealkylation sites (N-methyl/N-ethyl adjacent to an activating group) is 1. The molecule has 88 valence electrons. The standard InChI is InChI=1S/C12H18N2OS/c1-9-7-16-8-11(9)12(15)14-5-3-4-10(6-14)13-2/h7-8,10,13H,3-6H2,1-2H3. The normalized spacial score (nSPS) is 21.1. The van der Waals surface area contributed by atoms with Crippen molar-refractivity contribution in [1.29, 1.82) is 0 Å². The predicted octanol–water partition coefficient (Wildman–Crippen LogP) is 1.88. The summed E-state index contributed by atoms with van der Waals surface area (Å²) in [6.45, 7) is 3.74. The second kappa shape index (κ2) is 4.97. The fraction of sp³-hybridized carbons (Fsp3) is 0.583. The summed E-state index contributed by atoms with van der Waals surface area (Å²) in [6.07, 6.45) is 2.27. The molecular weight excluding hydrogens is 220 g/mol. The van der Waals surface area contributed by atoms with Crippen molar-refractivity contribution in [2.75, 3.05) is 20.1 Å². The van der Waals surface area contributed by atoms with Crippen molar-refractivity contribution < 1.29 is 4.79 Å². The zero-order chi connectivity index (χ0) is 11.5. The molecule has 0 radical (unpaired) electrons. The summed E-state index contributed by atoms with van der Waals surface area (Å²) in [7, 11) is 1.97. The Morgan fingerprint density at radius 3 is 3.00 bits per heavy atom. The van der Waals surface area contributed by atoms with Gasteiger partial charge < -0.3 is 10.2 Å². The van der Waals surface area contributed by atoms with Gasteiger partial charge in [0.05, 0.1) is 5.56 Å². The summed E-state index contributed by atoms with van der Waals surface area (Å²) >= 11 is 1.60. The molecule has 3 nitrogen and oxygen atoms in total. The molecule has 16 heavy (non-hydrogen) atoms. The molecule has 2 heterocycles. The summed E-state index contributed by atoms with van der Waals surface area (Å²) in [5.74, 6) is 0.193. The molecule has 1 aliphatic rings. The van der Waals surface area contributed by atoms with Crippen molar-refractivity contribution in [2.45, 2.75) is 25.8 Å². The van der Waals surface area contributed by atoms with E-state index in [1.165, 1.54) is 6.42 Å². The average Bonchev–Trinajstić information content (AvgIpc) is 2.74. The van der Waals surface area contributed by atoms with Crippen LogP contribution in [0.4, 0.5) is 0 Å². The van der Waals surface area contributed by atoms with Gasteiger partial charge in [-0.1, -0.05) is 0 Å². The van der Waals surface area contributed by atoms with Crippen LogP contribution in [0.3, 0.4) is 0 Å². The van der Waals surface area contributed by atoms with Crippen LogP contribution in [0.25, 0.3) is 0 Å². The van der Waals surface area contributed by atoms with Gasteiger partial charge >= 0.3 is 0 Å². The Balaban J connectivity index is 2.07. The van der Waals surface area contributed by atoms with Crippen molar-refractivity contribution in [3.63, 3.8) is 0 Å². The molecule has 1 aromatic heterocycles. The maximum Gasteiger partial charge on any atom is 0.255 e. The van der Waals surface area contributed by atoms with Crippen LogP contribution in [0.1, 0.15) is 28.8 Å². The Hall–Kier alpha value is -0.870. The van der Waals surface area contributed by atoms with Gasteiger partial charge in [0.2, 0.25) is 0 Å². The summed E-state index contributed by atoms with van der Waals surface area (Å²) in [5, 5.41) is 7.25. The number of aryl methyl sites for hydroxylation is 1. The van der Waals surface area contributed by atoms with E-state index in [0.717, 1.165) is 30.6 Å². The van der Waals surface area contributed by atoms with Gasteiger partial charge in [0.25, 0.3) is 5.91 Å². The maximum atomic E-state index is 12.2. The maximum absolute atomic E-state index is 12.2. The number of rotatable bonds is 2. The third-order valence-electron chi connectivity index (χ3n) is 3.20. The first kappa shape index (κ1) is 11.6. The number of hydrogen-bond acceptors (Lipinski definition) is 3. The predicted molar refractivity (Wildman–Crippen MR) is 67.0 cm³/mol. The van der Waals surface area contributed by atoms with Crippen molar-refractivity contribution >= 4 is 17.2 Å². The van der Waals surface area contributed by atoms with Crippen LogP contribution in [0.2, 0.25) is 0 Å². The number of hydrogen-bond donors (Lipinski definition) is 1. The van der Waals surface area contributed by atoms with Crippen LogP contribution in [0, 0.1) is 6.92 Å². The highest BCUT2D eigenvalue weighted by Crippen LogP contribution is 2.19. The zero-order valence-electron chi connectivity index (χ0n) is 9.82. The van der Waals surface area contributed by atoms with Crippen molar-refractivity contribution in [2.24, 2.45) is 0 Å². The third-order valence-corrected chi connectivity index (χ3v) is 4.06. The van der Waals surface area contributed by atoms with E-state index in [-0.39, 0.29) is 5.91 Å². The number of thiophene rings is 1. The van der Waals surface area contributed by atoms with Crippen LogP contribution in [0.5, 0.6) is 0 Å². The molecule has 0 bridgehead atoms. The lowest BCUT2D eigenvalue weighted by atomic mass is 10.0. The van der Waals surface area contributed by atoms with E-state index in [1.54, 1.807) is 11.3 Å². The summed E-state index contributed by atoms with van der Waals surface area (Å²) < 4.78 is 0. The van der Waals surface area contributed by atoms with E-state index < -0.39 is 0 Å². The van der Waals surface area contributed by atoms with Crippen LogP contribution in [-0.2, 0) is 0 Å². The van der Waals surface area contributed by atoms with Gasteiger partial charge in [0.1, 0.15) is 0 Å². The fourth-order valence-electron chi connectivity index (χ4n) is 2.15.